The van der Waals surface area contributed by atoms with Crippen LogP contribution in [0.2, 0.25) is 0 Å². The summed E-state index contributed by atoms with van der Waals surface area (Å²) >= 11 is 0. The third kappa shape index (κ3) is 5.30. The van der Waals surface area contributed by atoms with E-state index in [0.29, 0.717) is 13.1 Å². The number of benzene rings is 3. The van der Waals surface area contributed by atoms with Crippen molar-refractivity contribution in [2.24, 2.45) is 11.5 Å². The molecule has 0 fully saturated rings. The van der Waals surface area contributed by atoms with Crippen LogP contribution in [-0.4, -0.2) is 13.1 Å². The average Bonchev–Trinajstić information content (AvgIpc) is 2.65. The minimum Gasteiger partial charge on any atom is -0.329 e. The van der Waals surface area contributed by atoms with E-state index in [1.165, 1.54) is 15.9 Å². The predicted octanol–water partition coefficient (Wildman–Crippen LogP) is 2.35. The maximum atomic E-state index is 4.90. The molecule has 0 amide bonds. The highest BCUT2D eigenvalue weighted by atomic mass is 31.1. The van der Waals surface area contributed by atoms with Gasteiger partial charge in [-0.15, -0.1) is 0 Å². The zero-order valence-corrected chi connectivity index (χ0v) is 14.1. The highest BCUT2D eigenvalue weighted by Gasteiger charge is 2.14. The standard InChI is InChI=1S/C18H15P.C2H8N2/c1-4-10-16(11-5-1)19(17-12-6-2-7-13-17)18-14-8-3-9-15-18;3-1-2-4/h1-15H;1-4H2. The first-order valence-electron chi connectivity index (χ1n) is 7.72. The van der Waals surface area contributed by atoms with Crippen LogP contribution in [0.5, 0.6) is 0 Å². The molecular weight excluding hydrogens is 299 g/mol. The molecule has 0 aliphatic rings. The highest BCUT2D eigenvalue weighted by Crippen LogP contribution is 2.32. The number of rotatable bonds is 4. The van der Waals surface area contributed by atoms with Crippen LogP contribution in [0.4, 0.5) is 0 Å². The fourth-order valence-electron chi connectivity index (χ4n) is 2.18. The molecule has 0 heterocycles. The molecule has 3 heteroatoms. The van der Waals surface area contributed by atoms with Crippen LogP contribution in [-0.2, 0) is 0 Å². The first-order valence-corrected chi connectivity index (χ1v) is 9.06. The summed E-state index contributed by atoms with van der Waals surface area (Å²) in [6.45, 7) is 1.19. The van der Waals surface area contributed by atoms with E-state index < -0.39 is 7.92 Å². The van der Waals surface area contributed by atoms with Gasteiger partial charge in [-0.05, 0) is 23.8 Å². The predicted molar refractivity (Wildman–Crippen MR) is 103 cm³/mol. The molecule has 0 spiro atoms. The van der Waals surface area contributed by atoms with Crippen LogP contribution in [0.15, 0.2) is 91.0 Å². The molecule has 0 aliphatic heterocycles. The van der Waals surface area contributed by atoms with Crippen molar-refractivity contribution in [1.82, 2.24) is 0 Å². The maximum absolute atomic E-state index is 4.90. The van der Waals surface area contributed by atoms with Gasteiger partial charge in [0.05, 0.1) is 0 Å². The van der Waals surface area contributed by atoms with E-state index in [1.54, 1.807) is 0 Å². The molecule has 0 saturated carbocycles. The minimum atomic E-state index is -0.446. The van der Waals surface area contributed by atoms with Crippen LogP contribution >= 0.6 is 7.92 Å². The normalized spacial score (nSPS) is 10.0. The van der Waals surface area contributed by atoms with Crippen LogP contribution in [0.25, 0.3) is 0 Å². The number of hydrogen-bond acceptors (Lipinski definition) is 2. The molecule has 0 bridgehead atoms. The molecule has 3 rings (SSSR count). The Labute approximate surface area is 139 Å². The Bertz CT molecular complexity index is 561. The minimum absolute atomic E-state index is 0.446. The first kappa shape index (κ1) is 17.4. The average molecular weight is 322 g/mol. The third-order valence-electron chi connectivity index (χ3n) is 3.21. The molecule has 3 aromatic carbocycles. The Kier molecular flexibility index (Phi) is 7.48. The van der Waals surface area contributed by atoms with Gasteiger partial charge >= 0.3 is 0 Å². The highest BCUT2D eigenvalue weighted by molar-refractivity contribution is 7.79. The van der Waals surface area contributed by atoms with Crippen LogP contribution in [0.3, 0.4) is 0 Å². The molecular formula is C20H23N2P. The largest absolute Gasteiger partial charge is 0.329 e. The van der Waals surface area contributed by atoms with Gasteiger partial charge < -0.3 is 11.5 Å². The van der Waals surface area contributed by atoms with Gasteiger partial charge in [0.15, 0.2) is 0 Å². The SMILES string of the molecule is NCCN.c1ccc(P(c2ccccc2)c2ccccc2)cc1. The van der Waals surface area contributed by atoms with Crippen LogP contribution in [0, 0.1) is 0 Å². The Morgan fingerprint density at radius 3 is 0.957 bits per heavy atom. The molecule has 0 atom stereocenters. The molecule has 0 unspecified atom stereocenters. The third-order valence-corrected chi connectivity index (χ3v) is 5.65. The smallest absolute Gasteiger partial charge is 0.00461 e. The molecule has 0 radical (unpaired) electrons. The summed E-state index contributed by atoms with van der Waals surface area (Å²) in [4.78, 5) is 0. The van der Waals surface area contributed by atoms with Gasteiger partial charge in [-0.25, -0.2) is 0 Å². The van der Waals surface area contributed by atoms with E-state index in [0.717, 1.165) is 0 Å². The Balaban J connectivity index is 0.000000433. The van der Waals surface area contributed by atoms with E-state index in [9.17, 15) is 0 Å². The first-order chi connectivity index (χ1) is 11.4. The lowest BCUT2D eigenvalue weighted by molar-refractivity contribution is 0.976. The summed E-state index contributed by atoms with van der Waals surface area (Å²) in [6, 6.07) is 32.3. The molecule has 118 valence electrons. The number of nitrogens with two attached hydrogens (primary N) is 2. The van der Waals surface area contributed by atoms with Crippen molar-refractivity contribution in [2.75, 3.05) is 13.1 Å². The topological polar surface area (TPSA) is 52.0 Å². The molecule has 23 heavy (non-hydrogen) atoms. The van der Waals surface area contributed by atoms with Gasteiger partial charge in [-0.3, -0.25) is 0 Å². The lowest BCUT2D eigenvalue weighted by atomic mass is 10.4. The number of hydrogen-bond donors (Lipinski definition) is 2. The lowest BCUT2D eigenvalue weighted by Gasteiger charge is -2.18. The second-order valence-electron chi connectivity index (χ2n) is 4.92. The van der Waals surface area contributed by atoms with Crippen molar-refractivity contribution in [3.63, 3.8) is 0 Å². The van der Waals surface area contributed by atoms with Crippen molar-refractivity contribution < 1.29 is 0 Å². The summed E-state index contributed by atoms with van der Waals surface area (Å²) < 4.78 is 0. The summed E-state index contributed by atoms with van der Waals surface area (Å²) in [5.74, 6) is 0. The van der Waals surface area contributed by atoms with Crippen molar-refractivity contribution in [1.29, 1.82) is 0 Å². The van der Waals surface area contributed by atoms with Gasteiger partial charge in [-0.1, -0.05) is 91.0 Å². The van der Waals surface area contributed by atoms with Crippen molar-refractivity contribution in [2.45, 2.75) is 0 Å². The Morgan fingerprint density at radius 2 is 0.739 bits per heavy atom. The molecule has 0 aliphatic carbocycles. The van der Waals surface area contributed by atoms with Crippen molar-refractivity contribution in [3.05, 3.63) is 91.0 Å². The van der Waals surface area contributed by atoms with Gasteiger partial charge in [-0.2, -0.15) is 0 Å². The summed E-state index contributed by atoms with van der Waals surface area (Å²) in [6.07, 6.45) is 0. The molecule has 3 aromatic rings. The lowest BCUT2D eigenvalue weighted by Crippen LogP contribution is -2.20. The molecule has 0 saturated heterocycles. The van der Waals surface area contributed by atoms with E-state index >= 15 is 0 Å². The maximum Gasteiger partial charge on any atom is 0.00461 e. The van der Waals surface area contributed by atoms with E-state index in [4.69, 9.17) is 11.5 Å². The molecule has 4 N–H and O–H groups in total. The van der Waals surface area contributed by atoms with Gasteiger partial charge in [0.1, 0.15) is 0 Å². The van der Waals surface area contributed by atoms with Gasteiger partial charge in [0.25, 0.3) is 0 Å². The Hall–Kier alpha value is -1.99. The quantitative estimate of drug-likeness (QED) is 0.725. The van der Waals surface area contributed by atoms with Gasteiger partial charge in [0, 0.05) is 13.1 Å². The second kappa shape index (κ2) is 9.91. The van der Waals surface area contributed by atoms with E-state index in [1.807, 2.05) is 0 Å². The molecule has 0 aromatic heterocycles. The summed E-state index contributed by atoms with van der Waals surface area (Å²) in [5.41, 5.74) is 9.81. The summed E-state index contributed by atoms with van der Waals surface area (Å²) in [7, 11) is -0.446. The fourth-order valence-corrected chi connectivity index (χ4v) is 4.48. The van der Waals surface area contributed by atoms with Crippen molar-refractivity contribution in [3.8, 4) is 0 Å². The second-order valence-corrected chi connectivity index (χ2v) is 7.14. The van der Waals surface area contributed by atoms with Crippen LogP contribution < -0.4 is 27.4 Å². The summed E-state index contributed by atoms with van der Waals surface area (Å²) in [5, 5.41) is 4.19. The van der Waals surface area contributed by atoms with Crippen LogP contribution in [0.1, 0.15) is 0 Å². The van der Waals surface area contributed by atoms with E-state index in [2.05, 4.69) is 91.0 Å². The molecule has 2 nitrogen and oxygen atoms in total. The zero-order chi connectivity index (χ0) is 16.3. The van der Waals surface area contributed by atoms with Gasteiger partial charge in [0.2, 0.25) is 0 Å². The van der Waals surface area contributed by atoms with E-state index in [-0.39, 0.29) is 0 Å². The van der Waals surface area contributed by atoms with Crippen molar-refractivity contribution >= 4 is 23.8 Å². The zero-order valence-electron chi connectivity index (χ0n) is 13.2. The Morgan fingerprint density at radius 1 is 0.478 bits per heavy atom. The monoisotopic (exact) mass is 322 g/mol. The fraction of sp³-hybridized carbons (Fsp3) is 0.100.